The van der Waals surface area contributed by atoms with Gasteiger partial charge in [-0.1, -0.05) is 11.6 Å². The highest BCUT2D eigenvalue weighted by Crippen LogP contribution is 2.17. The number of aliphatic hydroxyl groups excluding tert-OH is 1. The molecule has 0 aromatic carbocycles. The summed E-state index contributed by atoms with van der Waals surface area (Å²) in [5.74, 6) is 0. The van der Waals surface area contributed by atoms with Crippen molar-refractivity contribution in [2.45, 2.75) is 6.61 Å². The molecule has 0 unspecified atom stereocenters. The summed E-state index contributed by atoms with van der Waals surface area (Å²) in [6.45, 7) is -0.0104. The molecule has 0 radical (unpaired) electrons. The van der Waals surface area contributed by atoms with E-state index in [0.29, 0.717) is 5.15 Å². The minimum atomic E-state index is -0.0104. The van der Waals surface area contributed by atoms with Gasteiger partial charge in [0.25, 0.3) is 0 Å². The minimum absolute atomic E-state index is 0.0104. The monoisotopic (exact) mass is 149 g/mol. The van der Waals surface area contributed by atoms with Crippen LogP contribution in [0.3, 0.4) is 0 Å². The first-order valence-corrected chi connectivity index (χ1v) is 3.29. The summed E-state index contributed by atoms with van der Waals surface area (Å²) in [7, 11) is 0. The molecule has 1 heterocycles. The molecule has 0 saturated carbocycles. The van der Waals surface area contributed by atoms with Crippen molar-refractivity contribution in [2.24, 2.45) is 0 Å². The zero-order valence-electron chi connectivity index (χ0n) is 3.97. The number of hydrogen-bond acceptors (Lipinski definition) is 3. The van der Waals surface area contributed by atoms with E-state index in [2.05, 4.69) is 4.98 Å². The maximum atomic E-state index is 8.49. The zero-order chi connectivity index (χ0) is 5.98. The predicted molar refractivity (Wildman–Crippen MR) is 33.0 cm³/mol. The van der Waals surface area contributed by atoms with Gasteiger partial charge in [0.15, 0.2) is 0 Å². The zero-order valence-corrected chi connectivity index (χ0v) is 5.54. The highest BCUT2D eigenvalue weighted by Gasteiger charge is 1.98. The normalized spacial score (nSPS) is 9.75. The van der Waals surface area contributed by atoms with Gasteiger partial charge in [0, 0.05) is 0 Å². The third-order valence-corrected chi connectivity index (χ3v) is 1.99. The number of rotatable bonds is 1. The van der Waals surface area contributed by atoms with Gasteiger partial charge in [-0.3, -0.25) is 0 Å². The first-order valence-electron chi connectivity index (χ1n) is 2.03. The van der Waals surface area contributed by atoms with Crippen molar-refractivity contribution in [3.63, 3.8) is 0 Å². The van der Waals surface area contributed by atoms with Crippen LogP contribution in [0.5, 0.6) is 0 Å². The molecule has 2 nitrogen and oxygen atoms in total. The van der Waals surface area contributed by atoms with E-state index in [1.807, 2.05) is 0 Å². The second-order valence-electron chi connectivity index (χ2n) is 1.22. The molecule has 0 bridgehead atoms. The van der Waals surface area contributed by atoms with E-state index >= 15 is 0 Å². The van der Waals surface area contributed by atoms with E-state index in [0.717, 1.165) is 4.88 Å². The van der Waals surface area contributed by atoms with Crippen LogP contribution in [-0.4, -0.2) is 10.1 Å². The number of aromatic nitrogens is 1. The lowest BCUT2D eigenvalue weighted by Gasteiger charge is -1.83. The fourth-order valence-corrected chi connectivity index (χ4v) is 1.17. The van der Waals surface area contributed by atoms with Crippen molar-refractivity contribution in [1.29, 1.82) is 0 Å². The lowest BCUT2D eigenvalue weighted by Crippen LogP contribution is -1.74. The van der Waals surface area contributed by atoms with Crippen LogP contribution in [0.15, 0.2) is 5.51 Å². The molecule has 1 aromatic rings. The SMILES string of the molecule is OCc1scnc1Cl. The lowest BCUT2D eigenvalue weighted by molar-refractivity contribution is 0.285. The van der Waals surface area contributed by atoms with E-state index in [-0.39, 0.29) is 6.61 Å². The second kappa shape index (κ2) is 2.44. The topological polar surface area (TPSA) is 33.1 Å². The van der Waals surface area contributed by atoms with Crippen molar-refractivity contribution in [3.05, 3.63) is 15.5 Å². The number of nitrogens with zero attached hydrogens (tertiary/aromatic N) is 1. The van der Waals surface area contributed by atoms with Gasteiger partial charge in [0.1, 0.15) is 5.15 Å². The summed E-state index contributed by atoms with van der Waals surface area (Å²) in [5, 5.41) is 8.91. The highest BCUT2D eigenvalue weighted by atomic mass is 35.5. The fourth-order valence-electron chi connectivity index (χ4n) is 0.359. The highest BCUT2D eigenvalue weighted by molar-refractivity contribution is 7.10. The van der Waals surface area contributed by atoms with Gasteiger partial charge < -0.3 is 5.11 Å². The van der Waals surface area contributed by atoms with Crippen molar-refractivity contribution >= 4 is 22.9 Å². The Kier molecular flexibility index (Phi) is 1.83. The Morgan fingerprint density at radius 1 is 1.88 bits per heavy atom. The molecule has 0 spiro atoms. The van der Waals surface area contributed by atoms with Gasteiger partial charge in [-0.2, -0.15) is 0 Å². The summed E-state index contributed by atoms with van der Waals surface area (Å²) < 4.78 is 0. The molecule has 8 heavy (non-hydrogen) atoms. The number of thiazole rings is 1. The van der Waals surface area contributed by atoms with Gasteiger partial charge in [0.05, 0.1) is 17.0 Å². The summed E-state index contributed by atoms with van der Waals surface area (Å²) >= 11 is 6.84. The molecule has 0 saturated heterocycles. The van der Waals surface area contributed by atoms with Crippen LogP contribution in [-0.2, 0) is 6.61 Å². The van der Waals surface area contributed by atoms with Crippen molar-refractivity contribution in [3.8, 4) is 0 Å². The summed E-state index contributed by atoms with van der Waals surface area (Å²) in [4.78, 5) is 4.44. The summed E-state index contributed by atoms with van der Waals surface area (Å²) in [5.41, 5.74) is 1.61. The standard InChI is InChI=1S/C4H4ClNOS/c5-4-3(1-7)8-2-6-4/h2,7H,1H2. The Morgan fingerprint density at radius 2 is 2.62 bits per heavy atom. The molecule has 0 aliphatic carbocycles. The first kappa shape index (κ1) is 6.01. The van der Waals surface area contributed by atoms with Gasteiger partial charge in [-0.25, -0.2) is 4.98 Å². The molecular weight excluding hydrogens is 146 g/mol. The smallest absolute Gasteiger partial charge is 0.145 e. The number of hydrogen-bond donors (Lipinski definition) is 1. The molecular formula is C4H4ClNOS. The van der Waals surface area contributed by atoms with Crippen LogP contribution in [0.25, 0.3) is 0 Å². The average molecular weight is 150 g/mol. The van der Waals surface area contributed by atoms with E-state index < -0.39 is 0 Å². The van der Waals surface area contributed by atoms with Gasteiger partial charge in [-0.05, 0) is 0 Å². The fraction of sp³-hybridized carbons (Fsp3) is 0.250. The maximum Gasteiger partial charge on any atom is 0.145 e. The molecule has 1 aromatic heterocycles. The first-order chi connectivity index (χ1) is 3.84. The predicted octanol–water partition coefficient (Wildman–Crippen LogP) is 1.29. The lowest BCUT2D eigenvalue weighted by atomic mass is 10.6. The van der Waals surface area contributed by atoms with Crippen LogP contribution in [0.1, 0.15) is 4.88 Å². The van der Waals surface area contributed by atoms with E-state index in [9.17, 15) is 0 Å². The third kappa shape index (κ3) is 0.992. The quantitative estimate of drug-likeness (QED) is 0.653. The molecule has 0 aliphatic heterocycles. The molecule has 0 aliphatic rings. The molecule has 44 valence electrons. The minimum Gasteiger partial charge on any atom is -0.391 e. The van der Waals surface area contributed by atoms with E-state index in [1.54, 1.807) is 5.51 Å². The average Bonchev–Trinajstić information content (AvgIpc) is 2.14. The number of halogens is 1. The van der Waals surface area contributed by atoms with Crippen molar-refractivity contribution in [2.75, 3.05) is 0 Å². The van der Waals surface area contributed by atoms with Crippen LogP contribution in [0.4, 0.5) is 0 Å². The molecule has 1 rings (SSSR count). The number of aliphatic hydroxyl groups is 1. The Morgan fingerprint density at radius 3 is 2.88 bits per heavy atom. The molecule has 1 N–H and O–H groups in total. The Bertz CT molecular complexity index is 176. The molecule has 0 atom stereocenters. The Labute approximate surface area is 55.8 Å². The van der Waals surface area contributed by atoms with E-state index in [1.165, 1.54) is 11.3 Å². The van der Waals surface area contributed by atoms with Crippen molar-refractivity contribution < 1.29 is 5.11 Å². The van der Waals surface area contributed by atoms with Crippen molar-refractivity contribution in [1.82, 2.24) is 4.98 Å². The molecule has 0 amide bonds. The van der Waals surface area contributed by atoms with Gasteiger partial charge >= 0.3 is 0 Å². The Balaban J connectivity index is 2.92. The van der Waals surface area contributed by atoms with Crippen LogP contribution >= 0.6 is 22.9 Å². The van der Waals surface area contributed by atoms with Crippen LogP contribution in [0, 0.1) is 0 Å². The molecule has 4 heteroatoms. The summed E-state index contributed by atoms with van der Waals surface area (Å²) in [6, 6.07) is 0. The Hall–Kier alpha value is -0.120. The second-order valence-corrected chi connectivity index (χ2v) is 2.52. The van der Waals surface area contributed by atoms with Gasteiger partial charge in [-0.15, -0.1) is 11.3 Å². The van der Waals surface area contributed by atoms with Crippen LogP contribution in [0.2, 0.25) is 5.15 Å². The third-order valence-electron chi connectivity index (χ3n) is 0.735. The van der Waals surface area contributed by atoms with Gasteiger partial charge in [0.2, 0.25) is 0 Å². The maximum absolute atomic E-state index is 8.49. The summed E-state index contributed by atoms with van der Waals surface area (Å²) in [6.07, 6.45) is 0. The van der Waals surface area contributed by atoms with Crippen LogP contribution < -0.4 is 0 Å². The van der Waals surface area contributed by atoms with E-state index in [4.69, 9.17) is 16.7 Å². The largest absolute Gasteiger partial charge is 0.391 e. The molecule has 0 fully saturated rings.